The molecule has 2 bridgehead atoms. The lowest BCUT2D eigenvalue weighted by molar-refractivity contribution is 0.0519. The van der Waals surface area contributed by atoms with Crippen molar-refractivity contribution >= 4 is 6.03 Å². The summed E-state index contributed by atoms with van der Waals surface area (Å²) >= 11 is 0. The Kier molecular flexibility index (Phi) is 3.32. The molecule has 0 aromatic carbocycles. The maximum atomic E-state index is 11.9. The van der Waals surface area contributed by atoms with Crippen LogP contribution in [0.1, 0.15) is 33.1 Å². The Balaban J connectivity index is 1.81. The third-order valence-electron chi connectivity index (χ3n) is 3.39. The Morgan fingerprint density at radius 3 is 2.71 bits per heavy atom. The molecule has 2 amide bonds. The first kappa shape index (κ1) is 12.6. The molecular formula is C12H22N2O3. The number of nitrogens with one attached hydrogen (secondary N) is 1. The fourth-order valence-electron chi connectivity index (χ4n) is 2.71. The Hall–Kier alpha value is -0.810. The van der Waals surface area contributed by atoms with Crippen molar-refractivity contribution in [1.29, 1.82) is 0 Å². The van der Waals surface area contributed by atoms with E-state index in [2.05, 4.69) is 5.32 Å². The molecular weight excluding hydrogens is 220 g/mol. The average Bonchev–Trinajstić information content (AvgIpc) is 2.76. The smallest absolute Gasteiger partial charge is 0.317 e. The lowest BCUT2D eigenvalue weighted by Crippen LogP contribution is -2.50. The van der Waals surface area contributed by atoms with Crippen LogP contribution in [0.4, 0.5) is 4.79 Å². The van der Waals surface area contributed by atoms with Gasteiger partial charge in [0.15, 0.2) is 0 Å². The lowest BCUT2D eigenvalue weighted by Gasteiger charge is -2.28. The summed E-state index contributed by atoms with van der Waals surface area (Å²) in [5, 5.41) is 12.6. The first-order valence-corrected chi connectivity index (χ1v) is 6.24. The third kappa shape index (κ3) is 3.10. The highest BCUT2D eigenvalue weighted by Gasteiger charge is 2.41. The van der Waals surface area contributed by atoms with Crippen LogP contribution in [0.25, 0.3) is 0 Å². The van der Waals surface area contributed by atoms with Crippen molar-refractivity contribution in [1.82, 2.24) is 10.2 Å². The molecule has 0 aromatic heterocycles. The summed E-state index contributed by atoms with van der Waals surface area (Å²) < 4.78 is 5.68. The normalized spacial score (nSPS) is 31.6. The van der Waals surface area contributed by atoms with E-state index in [-0.39, 0.29) is 18.2 Å². The van der Waals surface area contributed by atoms with E-state index in [4.69, 9.17) is 4.74 Å². The highest BCUT2D eigenvalue weighted by atomic mass is 16.5. The zero-order valence-electron chi connectivity index (χ0n) is 10.8. The van der Waals surface area contributed by atoms with Crippen LogP contribution in [-0.2, 0) is 4.74 Å². The van der Waals surface area contributed by atoms with Crippen molar-refractivity contribution in [3.8, 4) is 0 Å². The van der Waals surface area contributed by atoms with Crippen molar-refractivity contribution in [2.24, 2.45) is 0 Å². The van der Waals surface area contributed by atoms with Crippen LogP contribution < -0.4 is 5.32 Å². The summed E-state index contributed by atoms with van der Waals surface area (Å²) in [6.45, 7) is 3.70. The molecule has 2 aliphatic rings. The van der Waals surface area contributed by atoms with E-state index in [1.807, 2.05) is 0 Å². The van der Waals surface area contributed by atoms with Gasteiger partial charge in [0, 0.05) is 7.05 Å². The second-order valence-electron chi connectivity index (χ2n) is 5.83. The van der Waals surface area contributed by atoms with Gasteiger partial charge in [0.05, 0.1) is 30.4 Å². The Morgan fingerprint density at radius 1 is 1.53 bits per heavy atom. The monoisotopic (exact) mass is 242 g/mol. The Bertz CT molecular complexity index is 301. The number of rotatable bonds is 3. The molecule has 0 radical (unpaired) electrons. The van der Waals surface area contributed by atoms with E-state index < -0.39 is 5.60 Å². The predicted molar refractivity (Wildman–Crippen MR) is 63.8 cm³/mol. The van der Waals surface area contributed by atoms with Gasteiger partial charge in [-0.05, 0) is 33.1 Å². The molecule has 2 heterocycles. The lowest BCUT2D eigenvalue weighted by atomic mass is 9.96. The number of carbonyl (C=O) groups is 1. The molecule has 98 valence electrons. The molecule has 17 heavy (non-hydrogen) atoms. The minimum atomic E-state index is -0.864. The van der Waals surface area contributed by atoms with Crippen LogP contribution in [-0.4, -0.2) is 53.5 Å². The van der Waals surface area contributed by atoms with E-state index in [1.165, 1.54) is 4.90 Å². The highest BCUT2D eigenvalue weighted by molar-refractivity contribution is 5.74. The van der Waals surface area contributed by atoms with E-state index in [0.717, 1.165) is 19.3 Å². The van der Waals surface area contributed by atoms with Crippen molar-refractivity contribution in [2.45, 2.75) is 57.0 Å². The minimum Gasteiger partial charge on any atom is -0.389 e. The van der Waals surface area contributed by atoms with Crippen molar-refractivity contribution in [2.75, 3.05) is 13.6 Å². The number of amides is 2. The van der Waals surface area contributed by atoms with Gasteiger partial charge in [-0.3, -0.25) is 0 Å². The number of urea groups is 1. The first-order valence-electron chi connectivity index (χ1n) is 6.24. The van der Waals surface area contributed by atoms with Crippen molar-refractivity contribution in [3.05, 3.63) is 0 Å². The maximum absolute atomic E-state index is 11.9. The van der Waals surface area contributed by atoms with Gasteiger partial charge in [-0.25, -0.2) is 4.79 Å². The SMILES string of the molecule is CN(CC(C)(C)O)C(=O)NC1CC2CCC1O2. The van der Waals surface area contributed by atoms with Crippen LogP contribution >= 0.6 is 0 Å². The maximum Gasteiger partial charge on any atom is 0.317 e. The standard InChI is InChI=1S/C12H22N2O3/c1-12(2,16)7-14(3)11(15)13-9-6-8-4-5-10(9)17-8/h8-10,16H,4-7H2,1-3H3,(H,13,15). The fraction of sp³-hybridized carbons (Fsp3) is 0.917. The van der Waals surface area contributed by atoms with Gasteiger partial charge in [-0.15, -0.1) is 0 Å². The van der Waals surface area contributed by atoms with Crippen LogP contribution in [0.2, 0.25) is 0 Å². The van der Waals surface area contributed by atoms with E-state index >= 15 is 0 Å². The van der Waals surface area contributed by atoms with E-state index in [0.29, 0.717) is 12.6 Å². The summed E-state index contributed by atoms with van der Waals surface area (Å²) in [5.74, 6) is 0. The van der Waals surface area contributed by atoms with Crippen LogP contribution in [0.3, 0.4) is 0 Å². The molecule has 2 fully saturated rings. The molecule has 2 rings (SSSR count). The molecule has 0 spiro atoms. The average molecular weight is 242 g/mol. The number of carbonyl (C=O) groups excluding carboxylic acids is 1. The summed E-state index contributed by atoms with van der Waals surface area (Å²) in [5.41, 5.74) is -0.864. The molecule has 2 aliphatic heterocycles. The zero-order chi connectivity index (χ0) is 12.6. The van der Waals surface area contributed by atoms with E-state index in [9.17, 15) is 9.90 Å². The molecule has 2 saturated heterocycles. The van der Waals surface area contributed by atoms with Gasteiger partial charge in [0.25, 0.3) is 0 Å². The molecule has 0 aliphatic carbocycles. The van der Waals surface area contributed by atoms with Gasteiger partial charge in [-0.1, -0.05) is 0 Å². The second kappa shape index (κ2) is 4.46. The number of nitrogens with zero attached hydrogens (tertiary/aromatic N) is 1. The van der Waals surface area contributed by atoms with Crippen LogP contribution in [0.5, 0.6) is 0 Å². The summed E-state index contributed by atoms with van der Waals surface area (Å²) in [6, 6.07) is 0.0128. The van der Waals surface area contributed by atoms with Crippen molar-refractivity contribution in [3.63, 3.8) is 0 Å². The van der Waals surface area contributed by atoms with Gasteiger partial charge in [0.2, 0.25) is 0 Å². The summed E-state index contributed by atoms with van der Waals surface area (Å²) in [7, 11) is 1.70. The number of aliphatic hydroxyl groups is 1. The molecule has 0 saturated carbocycles. The third-order valence-corrected chi connectivity index (χ3v) is 3.39. The van der Waals surface area contributed by atoms with Gasteiger partial charge in [0.1, 0.15) is 0 Å². The number of hydrogen-bond acceptors (Lipinski definition) is 3. The zero-order valence-corrected chi connectivity index (χ0v) is 10.8. The van der Waals surface area contributed by atoms with Gasteiger partial charge < -0.3 is 20.1 Å². The molecule has 2 N–H and O–H groups in total. The van der Waals surface area contributed by atoms with Crippen LogP contribution in [0, 0.1) is 0 Å². The first-order chi connectivity index (χ1) is 7.85. The quantitative estimate of drug-likeness (QED) is 0.766. The molecule has 0 aromatic rings. The topological polar surface area (TPSA) is 61.8 Å². The molecule has 3 unspecified atom stereocenters. The summed E-state index contributed by atoms with van der Waals surface area (Å²) in [6.07, 6.45) is 3.62. The Labute approximate surface area is 102 Å². The van der Waals surface area contributed by atoms with Gasteiger partial charge in [-0.2, -0.15) is 0 Å². The minimum absolute atomic E-state index is 0.131. The molecule has 5 heteroatoms. The second-order valence-corrected chi connectivity index (χ2v) is 5.83. The number of ether oxygens (including phenoxy) is 1. The number of fused-ring (bicyclic) bond motifs is 2. The van der Waals surface area contributed by atoms with Crippen molar-refractivity contribution < 1.29 is 14.6 Å². The number of likely N-dealkylation sites (N-methyl/N-ethyl adjacent to an activating group) is 1. The summed E-state index contributed by atoms with van der Waals surface area (Å²) in [4.78, 5) is 13.4. The van der Waals surface area contributed by atoms with Gasteiger partial charge >= 0.3 is 6.03 Å². The van der Waals surface area contributed by atoms with Crippen LogP contribution in [0.15, 0.2) is 0 Å². The molecule has 3 atom stereocenters. The highest BCUT2D eigenvalue weighted by Crippen LogP contribution is 2.34. The van der Waals surface area contributed by atoms with E-state index in [1.54, 1.807) is 20.9 Å². The predicted octanol–water partition coefficient (Wildman–Crippen LogP) is 0.719. The number of hydrogen-bond donors (Lipinski definition) is 2. The largest absolute Gasteiger partial charge is 0.389 e. The Morgan fingerprint density at radius 2 is 2.24 bits per heavy atom. The molecule has 5 nitrogen and oxygen atoms in total. The fourth-order valence-corrected chi connectivity index (χ4v) is 2.71.